The van der Waals surface area contributed by atoms with Crippen LogP contribution in [0.4, 0.5) is 0 Å². The molecule has 6 nitrogen and oxygen atoms in total. The van der Waals surface area contributed by atoms with Gasteiger partial charge in [0.25, 0.3) is 0 Å². The quantitative estimate of drug-likeness (QED) is 0.241. The van der Waals surface area contributed by atoms with Gasteiger partial charge < -0.3 is 19.5 Å². The van der Waals surface area contributed by atoms with Crippen LogP contribution >= 0.6 is 28.1 Å². The third-order valence-electron chi connectivity index (χ3n) is 4.02. The molecule has 2 aromatic carbocycles. The number of benzene rings is 2. The highest BCUT2D eigenvalue weighted by molar-refractivity contribution is 9.10. The highest BCUT2D eigenvalue weighted by Gasteiger charge is 2.12. The lowest BCUT2D eigenvalue weighted by Crippen LogP contribution is -2.28. The van der Waals surface area contributed by atoms with E-state index in [9.17, 15) is 0 Å². The summed E-state index contributed by atoms with van der Waals surface area (Å²) in [5.74, 6) is 2.09. The molecule has 0 aliphatic rings. The largest absolute Gasteiger partial charge is 0.490 e. The molecule has 0 bridgehead atoms. The van der Waals surface area contributed by atoms with Gasteiger partial charge in [0.1, 0.15) is 19.0 Å². The maximum absolute atomic E-state index is 5.92. The summed E-state index contributed by atoms with van der Waals surface area (Å²) in [6.07, 6.45) is 1.66. The molecule has 0 aliphatic heterocycles. The van der Waals surface area contributed by atoms with Crippen LogP contribution in [-0.4, -0.2) is 38.2 Å². The van der Waals surface area contributed by atoms with E-state index in [0.717, 1.165) is 15.8 Å². The third-order valence-corrected chi connectivity index (χ3v) is 4.90. The first kappa shape index (κ1) is 23.0. The molecule has 29 heavy (non-hydrogen) atoms. The van der Waals surface area contributed by atoms with E-state index in [-0.39, 0.29) is 0 Å². The number of nitrogens with zero attached hydrogens (tertiary/aromatic N) is 1. The zero-order valence-electron chi connectivity index (χ0n) is 17.0. The van der Waals surface area contributed by atoms with E-state index in [4.69, 9.17) is 26.4 Å². The van der Waals surface area contributed by atoms with E-state index in [2.05, 4.69) is 45.6 Å². The van der Waals surface area contributed by atoms with Crippen molar-refractivity contribution in [1.82, 2.24) is 10.7 Å². The molecule has 0 radical (unpaired) electrons. The van der Waals surface area contributed by atoms with Gasteiger partial charge in [-0.3, -0.25) is 5.43 Å². The Labute approximate surface area is 185 Å². The minimum atomic E-state index is 0.386. The molecular formula is C21H26BrN3O3S. The van der Waals surface area contributed by atoms with Gasteiger partial charge in [-0.2, -0.15) is 5.10 Å². The van der Waals surface area contributed by atoms with E-state index in [1.165, 1.54) is 11.1 Å². The first-order valence-electron chi connectivity index (χ1n) is 9.24. The molecule has 0 heterocycles. The van der Waals surface area contributed by atoms with Crippen LogP contribution in [-0.2, 0) is 0 Å². The summed E-state index contributed by atoms with van der Waals surface area (Å²) in [7, 11) is 1.73. The molecule has 2 aromatic rings. The van der Waals surface area contributed by atoms with Crippen LogP contribution in [0.25, 0.3) is 0 Å². The maximum atomic E-state index is 5.92. The summed E-state index contributed by atoms with van der Waals surface area (Å²) in [4.78, 5) is 0. The van der Waals surface area contributed by atoms with Crippen molar-refractivity contribution in [2.24, 2.45) is 5.10 Å². The van der Waals surface area contributed by atoms with Crippen LogP contribution in [0.2, 0.25) is 0 Å². The molecular weight excluding hydrogens is 454 g/mol. The second kappa shape index (κ2) is 11.6. The van der Waals surface area contributed by atoms with Crippen molar-refractivity contribution in [3.63, 3.8) is 0 Å². The van der Waals surface area contributed by atoms with Crippen LogP contribution < -0.4 is 25.0 Å². The Hall–Kier alpha value is -2.32. The van der Waals surface area contributed by atoms with Gasteiger partial charge in [-0.15, -0.1) is 0 Å². The summed E-state index contributed by atoms with van der Waals surface area (Å²) < 4.78 is 18.2. The Kier molecular flexibility index (Phi) is 9.21. The van der Waals surface area contributed by atoms with Crippen molar-refractivity contribution in [2.75, 3.05) is 26.9 Å². The highest BCUT2D eigenvalue weighted by atomic mass is 79.9. The Morgan fingerprint density at radius 2 is 1.86 bits per heavy atom. The van der Waals surface area contributed by atoms with E-state index >= 15 is 0 Å². The number of hydrogen-bond donors (Lipinski definition) is 2. The van der Waals surface area contributed by atoms with Crippen molar-refractivity contribution in [1.29, 1.82) is 0 Å². The normalized spacial score (nSPS) is 10.7. The molecule has 0 spiro atoms. The summed E-state index contributed by atoms with van der Waals surface area (Å²) in [5.41, 5.74) is 6.00. The SMILES string of the molecule is CCOc1cc(/C=N\NC(=S)NC)cc(Br)c1OCCOc1ccc(C)c(C)c1. The fourth-order valence-electron chi connectivity index (χ4n) is 2.39. The van der Waals surface area contributed by atoms with Gasteiger partial charge in [-0.05, 0) is 89.9 Å². The Morgan fingerprint density at radius 1 is 1.10 bits per heavy atom. The number of ether oxygens (including phenoxy) is 3. The molecule has 0 unspecified atom stereocenters. The van der Waals surface area contributed by atoms with Crippen LogP contribution in [0.5, 0.6) is 17.2 Å². The molecule has 0 aromatic heterocycles. The molecule has 0 saturated carbocycles. The van der Waals surface area contributed by atoms with Gasteiger partial charge >= 0.3 is 0 Å². The van der Waals surface area contributed by atoms with Crippen LogP contribution in [0.15, 0.2) is 39.9 Å². The van der Waals surface area contributed by atoms with Crippen LogP contribution in [0.3, 0.4) is 0 Å². The minimum absolute atomic E-state index is 0.386. The maximum Gasteiger partial charge on any atom is 0.186 e. The molecule has 8 heteroatoms. The number of thiocarbonyl (C=S) groups is 1. The monoisotopic (exact) mass is 479 g/mol. The lowest BCUT2D eigenvalue weighted by atomic mass is 10.1. The molecule has 156 valence electrons. The lowest BCUT2D eigenvalue weighted by molar-refractivity contribution is 0.207. The fraction of sp³-hybridized carbons (Fsp3) is 0.333. The molecule has 2 N–H and O–H groups in total. The van der Waals surface area contributed by atoms with E-state index in [1.54, 1.807) is 13.3 Å². The summed E-state index contributed by atoms with van der Waals surface area (Å²) in [5, 5.41) is 7.32. The average Bonchev–Trinajstić information content (AvgIpc) is 2.69. The van der Waals surface area contributed by atoms with Crippen molar-refractivity contribution in [3.05, 3.63) is 51.5 Å². The zero-order valence-corrected chi connectivity index (χ0v) is 19.4. The van der Waals surface area contributed by atoms with Gasteiger partial charge in [-0.25, -0.2) is 0 Å². The lowest BCUT2D eigenvalue weighted by Gasteiger charge is -2.15. The highest BCUT2D eigenvalue weighted by Crippen LogP contribution is 2.36. The molecule has 2 rings (SSSR count). The molecule has 0 fully saturated rings. The number of rotatable bonds is 9. The summed E-state index contributed by atoms with van der Waals surface area (Å²) >= 11 is 8.54. The van der Waals surface area contributed by atoms with E-state index in [0.29, 0.717) is 36.4 Å². The molecule has 0 amide bonds. The minimum Gasteiger partial charge on any atom is -0.490 e. The number of hydrazone groups is 1. The van der Waals surface area contributed by atoms with Gasteiger partial charge in [0.15, 0.2) is 16.6 Å². The van der Waals surface area contributed by atoms with Crippen LogP contribution in [0.1, 0.15) is 23.6 Å². The first-order valence-corrected chi connectivity index (χ1v) is 10.4. The summed E-state index contributed by atoms with van der Waals surface area (Å²) in [6.45, 7) is 7.40. The summed E-state index contributed by atoms with van der Waals surface area (Å²) in [6, 6.07) is 9.80. The molecule has 0 saturated heterocycles. The van der Waals surface area contributed by atoms with E-state index in [1.807, 2.05) is 37.3 Å². The Morgan fingerprint density at radius 3 is 2.55 bits per heavy atom. The second-order valence-electron chi connectivity index (χ2n) is 6.16. The third kappa shape index (κ3) is 7.21. The van der Waals surface area contributed by atoms with E-state index < -0.39 is 0 Å². The standard InChI is InChI=1S/C21H26BrN3O3S/c1-5-26-19-12-16(13-24-25-21(29)23-4)11-18(22)20(19)28-9-8-27-17-7-6-14(2)15(3)10-17/h6-7,10-13H,5,8-9H2,1-4H3,(H2,23,25,29)/b24-13-. The van der Waals surface area contributed by atoms with Crippen molar-refractivity contribution < 1.29 is 14.2 Å². The number of halogens is 1. The molecule has 0 aliphatic carbocycles. The molecule has 0 atom stereocenters. The topological polar surface area (TPSA) is 64.1 Å². The van der Waals surface area contributed by atoms with Crippen LogP contribution in [0, 0.1) is 13.8 Å². The first-order chi connectivity index (χ1) is 13.9. The number of hydrogen-bond acceptors (Lipinski definition) is 5. The smallest absolute Gasteiger partial charge is 0.186 e. The van der Waals surface area contributed by atoms with Crippen molar-refractivity contribution >= 4 is 39.5 Å². The fourth-order valence-corrected chi connectivity index (χ4v) is 3.02. The van der Waals surface area contributed by atoms with Gasteiger partial charge in [0.2, 0.25) is 0 Å². The van der Waals surface area contributed by atoms with Gasteiger partial charge in [0, 0.05) is 7.05 Å². The van der Waals surface area contributed by atoms with Crippen molar-refractivity contribution in [3.8, 4) is 17.2 Å². The average molecular weight is 480 g/mol. The van der Waals surface area contributed by atoms with Gasteiger partial charge in [-0.1, -0.05) is 6.07 Å². The Balaban J connectivity index is 2.01. The van der Waals surface area contributed by atoms with Gasteiger partial charge in [0.05, 0.1) is 17.3 Å². The predicted octanol–water partition coefficient (Wildman–Crippen LogP) is 4.35. The second-order valence-corrected chi connectivity index (χ2v) is 7.42. The predicted molar refractivity (Wildman–Crippen MR) is 125 cm³/mol. The van der Waals surface area contributed by atoms with Crippen molar-refractivity contribution in [2.45, 2.75) is 20.8 Å². The number of nitrogens with one attached hydrogen (secondary N) is 2. The Bertz CT molecular complexity index is 874. The number of aryl methyl sites for hydroxylation is 2. The zero-order chi connectivity index (χ0) is 21.2.